The van der Waals surface area contributed by atoms with E-state index in [-0.39, 0.29) is 53.0 Å². The second-order valence-corrected chi connectivity index (χ2v) is 9.86. The Morgan fingerprint density at radius 1 is 1.14 bits per heavy atom. The first-order chi connectivity index (χ1) is 16.8. The van der Waals surface area contributed by atoms with Gasteiger partial charge in [0.2, 0.25) is 0 Å². The molecule has 0 radical (unpaired) electrons. The lowest BCUT2D eigenvalue weighted by Crippen LogP contribution is -2.15. The van der Waals surface area contributed by atoms with E-state index in [1.54, 1.807) is 13.8 Å². The summed E-state index contributed by atoms with van der Waals surface area (Å²) < 4.78 is 78.2. The minimum Gasteiger partial charge on any atom is -0.481 e. The highest BCUT2D eigenvalue weighted by atomic mass is 32.2. The van der Waals surface area contributed by atoms with E-state index in [2.05, 4.69) is 0 Å². The molecule has 3 rings (SSSR count). The third kappa shape index (κ3) is 5.62. The molecular weight excluding hydrogens is 501 g/mol. The summed E-state index contributed by atoms with van der Waals surface area (Å²) in [5.41, 5.74) is 0.115. The van der Waals surface area contributed by atoms with E-state index in [0.717, 1.165) is 5.56 Å². The van der Waals surface area contributed by atoms with Gasteiger partial charge in [0.05, 0.1) is 0 Å². The van der Waals surface area contributed by atoms with E-state index in [1.807, 2.05) is 0 Å². The number of ether oxygens (including phenoxy) is 1. The number of aryl methyl sites for hydroxylation is 1. The molecule has 2 aromatic rings. The third-order valence-electron chi connectivity index (χ3n) is 5.76. The number of rotatable bonds is 9. The molecule has 1 N–H and O–H groups in total. The zero-order chi connectivity index (χ0) is 26.8. The van der Waals surface area contributed by atoms with Gasteiger partial charge in [-0.15, -0.1) is 0 Å². The molecule has 192 valence electrons. The van der Waals surface area contributed by atoms with Crippen LogP contribution in [-0.2, 0) is 32.7 Å². The van der Waals surface area contributed by atoms with Gasteiger partial charge in [0.15, 0.2) is 11.6 Å². The van der Waals surface area contributed by atoms with E-state index in [0.29, 0.717) is 5.57 Å². The fourth-order valence-electron chi connectivity index (χ4n) is 3.80. The fraction of sp³-hybridized carbons (Fsp3) is 0.280. The van der Waals surface area contributed by atoms with Gasteiger partial charge in [-0.1, -0.05) is 29.3 Å². The van der Waals surface area contributed by atoms with E-state index in [9.17, 15) is 31.2 Å². The van der Waals surface area contributed by atoms with E-state index < -0.39 is 45.3 Å². The summed E-state index contributed by atoms with van der Waals surface area (Å²) in [4.78, 5) is 23.2. The van der Waals surface area contributed by atoms with E-state index in [4.69, 9.17) is 14.0 Å². The lowest BCUT2D eigenvalue weighted by atomic mass is 9.89. The predicted octanol–water partition coefficient (Wildman–Crippen LogP) is 5.63. The Kier molecular flexibility index (Phi) is 7.92. The molecule has 1 aliphatic heterocycles. The number of allylic oxidation sites excluding steroid dienone is 2. The van der Waals surface area contributed by atoms with Gasteiger partial charge in [-0.05, 0) is 51.3 Å². The summed E-state index contributed by atoms with van der Waals surface area (Å²) in [6.07, 6.45) is -1.60. The standard InChI is InChI=1S/C25H23F3O7S/c1-13-4-8-16(9-5-13)36(32,33)35-23-17(10-6-14(2)7-11-19(29)30)20(22(26)24(27)28)15(3)18-12-34-25(31)21(18)23/h4-6,8-9H,7,10-12H2,1-3H3,(H,29,30). The molecule has 1 heterocycles. The number of benzene rings is 2. The number of esters is 1. The van der Waals surface area contributed by atoms with Gasteiger partial charge in [-0.2, -0.15) is 17.2 Å². The number of hydrogen-bond acceptors (Lipinski definition) is 6. The van der Waals surface area contributed by atoms with Crippen LogP contribution < -0.4 is 4.18 Å². The molecule has 1 aliphatic rings. The van der Waals surface area contributed by atoms with Gasteiger partial charge in [-0.25, -0.2) is 9.18 Å². The van der Waals surface area contributed by atoms with Crippen molar-refractivity contribution in [2.24, 2.45) is 0 Å². The van der Waals surface area contributed by atoms with Crippen molar-refractivity contribution in [3.8, 4) is 5.75 Å². The second-order valence-electron chi connectivity index (χ2n) is 8.31. The van der Waals surface area contributed by atoms with Crippen LogP contribution >= 0.6 is 0 Å². The summed E-state index contributed by atoms with van der Waals surface area (Å²) in [6.45, 7) is 4.27. The van der Waals surface area contributed by atoms with Crippen molar-refractivity contribution in [1.82, 2.24) is 0 Å². The van der Waals surface area contributed by atoms with Gasteiger partial charge in [-0.3, -0.25) is 4.79 Å². The van der Waals surface area contributed by atoms with Crippen LogP contribution in [0.25, 0.3) is 5.83 Å². The molecule has 0 saturated carbocycles. The third-order valence-corrected chi connectivity index (χ3v) is 7.00. The van der Waals surface area contributed by atoms with Crippen molar-refractivity contribution >= 4 is 27.9 Å². The molecule has 7 nitrogen and oxygen atoms in total. The van der Waals surface area contributed by atoms with Crippen molar-refractivity contribution in [2.75, 3.05) is 0 Å². The monoisotopic (exact) mass is 524 g/mol. The molecule has 0 saturated heterocycles. The number of carboxylic acid groups (broad SMARTS) is 1. The van der Waals surface area contributed by atoms with Crippen molar-refractivity contribution in [3.63, 3.8) is 0 Å². The molecule has 11 heteroatoms. The number of carbonyl (C=O) groups is 2. The summed E-state index contributed by atoms with van der Waals surface area (Å²) >= 11 is 0. The SMILES string of the molecule is CC(=CCc1c(OS(=O)(=O)c2ccc(C)cc2)c2c(c(C)c1C(F)=C(F)F)COC2=O)CCC(=O)O. The predicted molar refractivity (Wildman–Crippen MR) is 124 cm³/mol. The van der Waals surface area contributed by atoms with Gasteiger partial charge in [0.25, 0.3) is 0 Å². The summed E-state index contributed by atoms with van der Waals surface area (Å²) in [7, 11) is -4.57. The molecule has 0 atom stereocenters. The van der Waals surface area contributed by atoms with Gasteiger partial charge >= 0.3 is 28.1 Å². The Morgan fingerprint density at radius 2 is 1.78 bits per heavy atom. The van der Waals surface area contributed by atoms with Gasteiger partial charge in [0.1, 0.15) is 17.1 Å². The Hall–Kier alpha value is -3.60. The molecule has 0 aromatic heterocycles. The molecule has 0 bridgehead atoms. The minimum atomic E-state index is -4.57. The highest BCUT2D eigenvalue weighted by molar-refractivity contribution is 7.87. The second kappa shape index (κ2) is 10.6. The number of carbonyl (C=O) groups excluding carboxylic acids is 1. The molecule has 2 aromatic carbocycles. The lowest BCUT2D eigenvalue weighted by Gasteiger charge is -2.19. The largest absolute Gasteiger partial charge is 0.481 e. The van der Waals surface area contributed by atoms with Crippen LogP contribution in [0.3, 0.4) is 0 Å². The number of halogens is 3. The van der Waals surface area contributed by atoms with Crippen molar-refractivity contribution in [3.05, 3.63) is 75.4 Å². The maximum Gasteiger partial charge on any atom is 0.342 e. The van der Waals surface area contributed by atoms with Crippen LogP contribution in [0.1, 0.15) is 57.9 Å². The average Bonchev–Trinajstić information content (AvgIpc) is 3.20. The molecular formula is C25H23F3O7S. The number of carboxylic acids is 1. The van der Waals surface area contributed by atoms with Gasteiger partial charge < -0.3 is 14.0 Å². The summed E-state index contributed by atoms with van der Waals surface area (Å²) in [5.74, 6) is -4.49. The topological polar surface area (TPSA) is 107 Å². The lowest BCUT2D eigenvalue weighted by molar-refractivity contribution is -0.136. The van der Waals surface area contributed by atoms with Crippen LogP contribution in [0.15, 0.2) is 46.9 Å². The van der Waals surface area contributed by atoms with Crippen LogP contribution in [0.2, 0.25) is 0 Å². The van der Waals surface area contributed by atoms with E-state index >= 15 is 0 Å². The summed E-state index contributed by atoms with van der Waals surface area (Å²) in [5, 5.41) is 8.89. The minimum absolute atomic E-state index is 0.0205. The van der Waals surface area contributed by atoms with Crippen molar-refractivity contribution in [1.29, 1.82) is 0 Å². The Morgan fingerprint density at radius 3 is 2.36 bits per heavy atom. The zero-order valence-electron chi connectivity index (χ0n) is 19.7. The number of cyclic esters (lactones) is 1. The normalized spacial score (nSPS) is 13.3. The average molecular weight is 525 g/mol. The molecule has 36 heavy (non-hydrogen) atoms. The molecule has 0 fully saturated rings. The smallest absolute Gasteiger partial charge is 0.342 e. The first-order valence-electron chi connectivity index (χ1n) is 10.8. The molecule has 0 amide bonds. The maximum absolute atomic E-state index is 14.8. The number of fused-ring (bicyclic) bond motifs is 1. The first kappa shape index (κ1) is 27.0. The first-order valence-corrected chi connectivity index (χ1v) is 12.2. The number of aliphatic carboxylic acids is 1. The Balaban J connectivity index is 2.27. The van der Waals surface area contributed by atoms with Crippen LogP contribution in [0.4, 0.5) is 13.2 Å². The molecule has 0 aliphatic carbocycles. The van der Waals surface area contributed by atoms with E-state index in [1.165, 1.54) is 37.3 Å². The molecule has 0 unspecified atom stereocenters. The van der Waals surface area contributed by atoms with Crippen LogP contribution in [0, 0.1) is 13.8 Å². The van der Waals surface area contributed by atoms with Crippen LogP contribution in [-0.4, -0.2) is 25.5 Å². The maximum atomic E-state index is 14.8. The Labute approximate surface area is 206 Å². The van der Waals surface area contributed by atoms with Gasteiger partial charge in [0, 0.05) is 23.1 Å². The van der Waals surface area contributed by atoms with Crippen LogP contribution in [0.5, 0.6) is 5.75 Å². The number of hydrogen-bond donors (Lipinski definition) is 1. The highest BCUT2D eigenvalue weighted by Gasteiger charge is 2.36. The zero-order valence-corrected chi connectivity index (χ0v) is 20.5. The highest BCUT2D eigenvalue weighted by Crippen LogP contribution is 2.43. The van der Waals surface area contributed by atoms with Crippen molar-refractivity contribution < 1.29 is 45.2 Å². The van der Waals surface area contributed by atoms with Crippen molar-refractivity contribution in [2.45, 2.75) is 51.5 Å². The quantitative estimate of drug-likeness (QED) is 0.257. The Bertz CT molecular complexity index is 1390. The molecule has 0 spiro atoms. The fourth-order valence-corrected chi connectivity index (χ4v) is 4.76. The summed E-state index contributed by atoms with van der Waals surface area (Å²) in [6, 6.07) is 5.59.